The summed E-state index contributed by atoms with van der Waals surface area (Å²) in [5.74, 6) is 0. The fraction of sp³-hybridized carbons (Fsp3) is 0. The summed E-state index contributed by atoms with van der Waals surface area (Å²) in [5.41, 5.74) is 1.39. The fourth-order valence-corrected chi connectivity index (χ4v) is 1.02. The predicted molar refractivity (Wildman–Crippen MR) is 46.7 cm³/mol. The number of aldehydes is 1. The first-order chi connectivity index (χ1) is 6.42. The molecule has 2 aromatic heterocycles. The lowest BCUT2D eigenvalue weighted by molar-refractivity contribution is -0.104. The number of hydrogen-bond donors (Lipinski definition) is 0. The molecule has 13 heavy (non-hydrogen) atoms. The Morgan fingerprint density at radius 3 is 3.15 bits per heavy atom. The van der Waals surface area contributed by atoms with E-state index in [-0.39, 0.29) is 0 Å². The van der Waals surface area contributed by atoms with E-state index in [1.165, 1.54) is 12.4 Å². The van der Waals surface area contributed by atoms with Crippen LogP contribution in [0.15, 0.2) is 24.9 Å². The summed E-state index contributed by atoms with van der Waals surface area (Å²) >= 11 is 0. The Labute approximate surface area is 73.8 Å². The third-order valence-corrected chi connectivity index (χ3v) is 1.56. The lowest BCUT2D eigenvalue weighted by Crippen LogP contribution is -1.86. The number of fused-ring (bicyclic) bond motifs is 1. The molecule has 0 saturated heterocycles. The minimum atomic E-state index is 0.688. The molecule has 64 valence electrons. The maximum Gasteiger partial charge on any atom is 0.167 e. The maximum absolute atomic E-state index is 10.1. The minimum Gasteiger partial charge on any atom is -0.299 e. The summed E-state index contributed by atoms with van der Waals surface area (Å²) in [6, 6.07) is 0. The molecule has 0 N–H and O–H groups in total. The molecule has 0 unspecified atom stereocenters. The number of rotatable bonds is 2. The third kappa shape index (κ3) is 1.31. The van der Waals surface area contributed by atoms with E-state index in [4.69, 9.17) is 0 Å². The second-order valence-electron chi connectivity index (χ2n) is 2.36. The number of imidazole rings is 1. The second-order valence-corrected chi connectivity index (χ2v) is 2.36. The van der Waals surface area contributed by atoms with Crippen LogP contribution in [0.1, 0.15) is 0 Å². The lowest BCUT2D eigenvalue weighted by atomic mass is 10.5. The molecule has 0 atom stereocenters. The first kappa shape index (κ1) is 7.60. The summed E-state index contributed by atoms with van der Waals surface area (Å²) in [6.45, 7) is 0. The Bertz CT molecular complexity index is 460. The molecule has 2 rings (SSSR count). The summed E-state index contributed by atoms with van der Waals surface area (Å²) in [5, 5.41) is 0. The van der Waals surface area contributed by atoms with Crippen LogP contribution in [-0.2, 0) is 4.79 Å². The van der Waals surface area contributed by atoms with Crippen LogP contribution in [0.3, 0.4) is 0 Å². The molecule has 5 nitrogen and oxygen atoms in total. The van der Waals surface area contributed by atoms with Gasteiger partial charge in [0, 0.05) is 6.20 Å². The SMILES string of the molecule is O=CC=Cn1cnc2cncnc21. The van der Waals surface area contributed by atoms with Gasteiger partial charge in [-0.1, -0.05) is 0 Å². The van der Waals surface area contributed by atoms with Crippen molar-refractivity contribution in [2.24, 2.45) is 0 Å². The third-order valence-electron chi connectivity index (χ3n) is 1.56. The van der Waals surface area contributed by atoms with E-state index in [1.54, 1.807) is 23.3 Å². The van der Waals surface area contributed by atoms with E-state index in [9.17, 15) is 4.79 Å². The average molecular weight is 174 g/mol. The van der Waals surface area contributed by atoms with E-state index in [0.29, 0.717) is 17.5 Å². The highest BCUT2D eigenvalue weighted by molar-refractivity contribution is 5.75. The number of nitrogens with zero attached hydrogens (tertiary/aromatic N) is 4. The molecule has 2 heterocycles. The van der Waals surface area contributed by atoms with E-state index in [1.807, 2.05) is 0 Å². The molecule has 0 saturated carbocycles. The van der Waals surface area contributed by atoms with Gasteiger partial charge in [0.1, 0.15) is 24.5 Å². The Hall–Kier alpha value is -2.04. The molecule has 0 fully saturated rings. The Morgan fingerprint density at radius 2 is 2.31 bits per heavy atom. The van der Waals surface area contributed by atoms with Crippen LogP contribution < -0.4 is 0 Å². The van der Waals surface area contributed by atoms with Crippen LogP contribution in [-0.4, -0.2) is 25.8 Å². The summed E-state index contributed by atoms with van der Waals surface area (Å²) in [4.78, 5) is 22.0. The van der Waals surface area contributed by atoms with Gasteiger partial charge in [-0.15, -0.1) is 0 Å². The van der Waals surface area contributed by atoms with Gasteiger partial charge in [0.05, 0.1) is 6.20 Å². The van der Waals surface area contributed by atoms with Gasteiger partial charge in [0.25, 0.3) is 0 Å². The number of aromatic nitrogens is 4. The monoisotopic (exact) mass is 174 g/mol. The molecule has 0 bridgehead atoms. The van der Waals surface area contributed by atoms with Crippen molar-refractivity contribution >= 4 is 23.6 Å². The quantitative estimate of drug-likeness (QED) is 0.491. The van der Waals surface area contributed by atoms with Gasteiger partial charge in [0.2, 0.25) is 0 Å². The van der Waals surface area contributed by atoms with E-state index in [0.717, 1.165) is 0 Å². The Morgan fingerprint density at radius 1 is 1.38 bits per heavy atom. The largest absolute Gasteiger partial charge is 0.299 e. The van der Waals surface area contributed by atoms with Gasteiger partial charge < -0.3 is 0 Å². The first-order valence-corrected chi connectivity index (χ1v) is 3.66. The number of hydrogen-bond acceptors (Lipinski definition) is 4. The summed E-state index contributed by atoms with van der Waals surface area (Å²) in [7, 11) is 0. The van der Waals surface area contributed by atoms with Crippen molar-refractivity contribution in [2.75, 3.05) is 0 Å². The van der Waals surface area contributed by atoms with Gasteiger partial charge in [-0.05, 0) is 6.08 Å². The van der Waals surface area contributed by atoms with E-state index < -0.39 is 0 Å². The van der Waals surface area contributed by atoms with Crippen LogP contribution >= 0.6 is 0 Å². The Kier molecular flexibility index (Phi) is 1.84. The molecule has 0 aliphatic rings. The molecule has 2 aromatic rings. The number of carbonyl (C=O) groups excluding carboxylic acids is 1. The zero-order valence-electron chi connectivity index (χ0n) is 6.66. The molecular weight excluding hydrogens is 168 g/mol. The number of carbonyl (C=O) groups is 1. The van der Waals surface area contributed by atoms with Gasteiger partial charge in [-0.2, -0.15) is 0 Å². The minimum absolute atomic E-state index is 0.688. The van der Waals surface area contributed by atoms with Gasteiger partial charge >= 0.3 is 0 Å². The summed E-state index contributed by atoms with van der Waals surface area (Å²) in [6.07, 6.45) is 8.31. The van der Waals surface area contributed by atoms with Crippen molar-refractivity contribution in [2.45, 2.75) is 0 Å². The van der Waals surface area contributed by atoms with Crippen molar-refractivity contribution in [3.05, 3.63) is 24.9 Å². The number of allylic oxidation sites excluding steroid dienone is 1. The molecular formula is C8H6N4O. The summed E-state index contributed by atoms with van der Waals surface area (Å²) < 4.78 is 1.66. The second kappa shape index (κ2) is 3.14. The van der Waals surface area contributed by atoms with Crippen LogP contribution in [0.2, 0.25) is 0 Å². The van der Waals surface area contributed by atoms with Gasteiger partial charge in [-0.3, -0.25) is 9.36 Å². The van der Waals surface area contributed by atoms with E-state index in [2.05, 4.69) is 15.0 Å². The van der Waals surface area contributed by atoms with Crippen LogP contribution in [0.25, 0.3) is 17.4 Å². The lowest BCUT2D eigenvalue weighted by Gasteiger charge is -1.91. The van der Waals surface area contributed by atoms with Gasteiger partial charge in [0.15, 0.2) is 5.65 Å². The zero-order chi connectivity index (χ0) is 9.10. The fourth-order valence-electron chi connectivity index (χ4n) is 1.02. The highest BCUT2D eigenvalue weighted by atomic mass is 16.1. The molecule has 0 amide bonds. The molecule has 0 aliphatic heterocycles. The van der Waals surface area contributed by atoms with E-state index >= 15 is 0 Å². The average Bonchev–Trinajstić information content (AvgIpc) is 2.58. The van der Waals surface area contributed by atoms with Crippen molar-refractivity contribution in [1.82, 2.24) is 19.5 Å². The molecule has 0 spiro atoms. The molecule has 0 aliphatic carbocycles. The zero-order valence-corrected chi connectivity index (χ0v) is 6.66. The normalized spacial score (nSPS) is 11.1. The van der Waals surface area contributed by atoms with Crippen molar-refractivity contribution in [1.29, 1.82) is 0 Å². The van der Waals surface area contributed by atoms with Crippen molar-refractivity contribution in [3.8, 4) is 0 Å². The van der Waals surface area contributed by atoms with Crippen LogP contribution in [0, 0.1) is 0 Å². The van der Waals surface area contributed by atoms with Gasteiger partial charge in [-0.25, -0.2) is 15.0 Å². The first-order valence-electron chi connectivity index (χ1n) is 3.66. The highest BCUT2D eigenvalue weighted by Crippen LogP contribution is 2.06. The topological polar surface area (TPSA) is 60.7 Å². The molecule has 5 heteroatoms. The predicted octanol–water partition coefficient (Wildman–Crippen LogP) is 0.496. The standard InChI is InChI=1S/C8H6N4O/c13-3-1-2-12-6-11-7-4-9-5-10-8(7)12/h1-6H. The smallest absolute Gasteiger partial charge is 0.167 e. The highest BCUT2D eigenvalue weighted by Gasteiger charge is 1.98. The van der Waals surface area contributed by atoms with Crippen molar-refractivity contribution < 1.29 is 4.79 Å². The van der Waals surface area contributed by atoms with Crippen molar-refractivity contribution in [3.63, 3.8) is 0 Å². The maximum atomic E-state index is 10.1. The van der Waals surface area contributed by atoms with Crippen LogP contribution in [0.5, 0.6) is 0 Å². The van der Waals surface area contributed by atoms with Crippen LogP contribution in [0.4, 0.5) is 0 Å². The Balaban J connectivity index is 2.57. The molecule has 0 radical (unpaired) electrons. The molecule has 0 aromatic carbocycles.